The van der Waals surface area contributed by atoms with Gasteiger partial charge in [0.2, 0.25) is 0 Å². The normalized spacial score (nSPS) is 12.0. The predicted octanol–water partition coefficient (Wildman–Crippen LogP) is 5.54. The maximum absolute atomic E-state index is 14.3. The van der Waals surface area contributed by atoms with Gasteiger partial charge in [0.1, 0.15) is 16.4 Å². The van der Waals surface area contributed by atoms with E-state index in [1.54, 1.807) is 18.2 Å². The first-order valence-corrected chi connectivity index (χ1v) is 10.9. The number of alkyl halides is 2. The van der Waals surface area contributed by atoms with Crippen LogP contribution >= 0.6 is 31.9 Å². The average molecular weight is 524 g/mol. The average Bonchev–Trinajstić information content (AvgIpc) is 2.98. The van der Waals surface area contributed by atoms with Crippen molar-refractivity contribution in [2.45, 2.75) is 11.3 Å². The molecule has 0 aliphatic rings. The molecule has 0 N–H and O–H groups in total. The molecular formula is C17H11Br2F3N2O2S. The number of hydrogen-bond acceptors (Lipinski definition) is 3. The Morgan fingerprint density at radius 3 is 2.19 bits per heavy atom. The number of rotatable bonds is 4. The molecule has 2 aromatic carbocycles. The van der Waals surface area contributed by atoms with Gasteiger partial charge in [-0.2, -0.15) is 5.10 Å². The monoisotopic (exact) mass is 522 g/mol. The van der Waals surface area contributed by atoms with Crippen molar-refractivity contribution >= 4 is 41.7 Å². The highest BCUT2D eigenvalue weighted by molar-refractivity contribution is 9.11. The van der Waals surface area contributed by atoms with Gasteiger partial charge in [-0.05, 0) is 36.4 Å². The third kappa shape index (κ3) is 4.27. The molecule has 27 heavy (non-hydrogen) atoms. The molecule has 1 aromatic heterocycles. The largest absolute Gasteiger partial charge is 0.282 e. The topological polar surface area (TPSA) is 52.0 Å². The van der Waals surface area contributed by atoms with Gasteiger partial charge in [-0.3, -0.25) is 0 Å². The summed E-state index contributed by atoms with van der Waals surface area (Å²) in [6, 6.07) is 9.75. The molecule has 0 bridgehead atoms. The molecule has 3 aromatic rings. The van der Waals surface area contributed by atoms with Crippen LogP contribution in [0.2, 0.25) is 0 Å². The highest BCUT2D eigenvalue weighted by Crippen LogP contribution is 2.32. The number of hydrogen-bond donors (Lipinski definition) is 0. The quantitative estimate of drug-likeness (QED) is 0.451. The number of halogens is 5. The summed E-state index contributed by atoms with van der Waals surface area (Å²) in [6.45, 7) is 0. The Hall–Kier alpha value is -1.65. The molecule has 10 heteroatoms. The summed E-state index contributed by atoms with van der Waals surface area (Å²) in [4.78, 5) is -0.473. The van der Waals surface area contributed by atoms with Crippen LogP contribution < -0.4 is 0 Å². The fourth-order valence-electron chi connectivity index (χ4n) is 2.53. The molecule has 0 atom stereocenters. The fraction of sp³-hybridized carbons (Fsp3) is 0.118. The van der Waals surface area contributed by atoms with Gasteiger partial charge in [-0.25, -0.2) is 26.3 Å². The van der Waals surface area contributed by atoms with Gasteiger partial charge in [0.15, 0.2) is 9.84 Å². The van der Waals surface area contributed by atoms with Crippen LogP contribution in [0.1, 0.15) is 12.1 Å². The zero-order chi connectivity index (χ0) is 19.9. The third-order valence-corrected chi connectivity index (χ3v) is 5.72. The maximum atomic E-state index is 14.3. The third-order valence-electron chi connectivity index (χ3n) is 3.67. The molecule has 0 aliphatic heterocycles. The van der Waals surface area contributed by atoms with Gasteiger partial charge >= 0.3 is 0 Å². The predicted molar refractivity (Wildman–Crippen MR) is 102 cm³/mol. The van der Waals surface area contributed by atoms with Crippen LogP contribution in [0.4, 0.5) is 13.2 Å². The smallest absolute Gasteiger partial charge is 0.233 e. The van der Waals surface area contributed by atoms with E-state index in [0.29, 0.717) is 20.2 Å². The van der Waals surface area contributed by atoms with Crippen LogP contribution in [0.5, 0.6) is 0 Å². The Labute approximate surface area is 170 Å². The van der Waals surface area contributed by atoms with Gasteiger partial charge in [0, 0.05) is 26.8 Å². The zero-order valence-electron chi connectivity index (χ0n) is 13.6. The second kappa shape index (κ2) is 7.40. The zero-order valence-corrected chi connectivity index (χ0v) is 17.6. The molecule has 0 aliphatic carbocycles. The summed E-state index contributed by atoms with van der Waals surface area (Å²) in [5.41, 5.74) is 0.508. The summed E-state index contributed by atoms with van der Waals surface area (Å²) in [5, 5.41) is 3.87. The summed E-state index contributed by atoms with van der Waals surface area (Å²) < 4.78 is 66.4. The van der Waals surface area contributed by atoms with Crippen molar-refractivity contribution in [1.29, 1.82) is 0 Å². The molecule has 4 nitrogen and oxygen atoms in total. The minimum atomic E-state index is -3.75. The van der Waals surface area contributed by atoms with E-state index < -0.39 is 32.7 Å². The fourth-order valence-corrected chi connectivity index (χ4v) is 4.55. The van der Waals surface area contributed by atoms with Crippen molar-refractivity contribution in [2.24, 2.45) is 0 Å². The van der Waals surface area contributed by atoms with E-state index in [9.17, 15) is 21.6 Å². The highest BCUT2D eigenvalue weighted by atomic mass is 79.9. The second-order valence-corrected chi connectivity index (χ2v) is 9.53. The number of benzene rings is 2. The molecule has 3 rings (SSSR count). The molecule has 0 spiro atoms. The number of sulfone groups is 1. The Morgan fingerprint density at radius 1 is 1.04 bits per heavy atom. The summed E-state index contributed by atoms with van der Waals surface area (Å²) >= 11 is 6.67. The lowest BCUT2D eigenvalue weighted by Gasteiger charge is -2.10. The Kier molecular flexibility index (Phi) is 5.51. The second-order valence-electron chi connectivity index (χ2n) is 5.71. The first kappa shape index (κ1) is 20.1. The van der Waals surface area contributed by atoms with Gasteiger partial charge in [0.25, 0.3) is 6.43 Å². The maximum Gasteiger partial charge on any atom is 0.282 e. The first-order valence-electron chi connectivity index (χ1n) is 7.41. The van der Waals surface area contributed by atoms with E-state index in [-0.39, 0.29) is 5.69 Å². The van der Waals surface area contributed by atoms with E-state index in [1.807, 2.05) is 0 Å². The lowest BCUT2D eigenvalue weighted by molar-refractivity contribution is 0.145. The van der Waals surface area contributed by atoms with Crippen molar-refractivity contribution in [2.75, 3.05) is 6.26 Å². The van der Waals surface area contributed by atoms with Crippen LogP contribution in [0.15, 0.2) is 56.3 Å². The van der Waals surface area contributed by atoms with Crippen LogP contribution in [0.25, 0.3) is 16.9 Å². The van der Waals surface area contributed by atoms with Crippen LogP contribution in [0.3, 0.4) is 0 Å². The molecule has 0 saturated heterocycles. The van der Waals surface area contributed by atoms with Crippen LogP contribution in [-0.4, -0.2) is 24.5 Å². The number of nitrogens with zero attached hydrogens (tertiary/aromatic N) is 2. The Balaban J connectivity index is 2.22. The van der Waals surface area contributed by atoms with Gasteiger partial charge in [0.05, 0.1) is 11.4 Å². The van der Waals surface area contributed by atoms with Crippen LogP contribution in [-0.2, 0) is 9.84 Å². The SMILES string of the molecule is CS(=O)(=O)c1ccc(-n2nc(C(F)F)cc2-c2cc(Br)cc(Br)c2)cc1F. The highest BCUT2D eigenvalue weighted by Gasteiger charge is 2.20. The molecule has 0 fully saturated rings. The molecule has 0 radical (unpaired) electrons. The van der Waals surface area contributed by atoms with E-state index in [2.05, 4.69) is 37.0 Å². The molecule has 0 unspecified atom stereocenters. The summed E-state index contributed by atoms with van der Waals surface area (Å²) in [6.07, 6.45) is -1.93. The van der Waals surface area contributed by atoms with Crippen molar-refractivity contribution in [3.63, 3.8) is 0 Å². The molecular weight excluding hydrogens is 513 g/mol. The van der Waals surface area contributed by atoms with E-state index in [0.717, 1.165) is 23.1 Å². The van der Waals surface area contributed by atoms with Crippen molar-refractivity contribution in [3.05, 3.63) is 62.9 Å². The molecule has 142 valence electrons. The minimum absolute atomic E-state index is 0.123. The van der Waals surface area contributed by atoms with Crippen molar-refractivity contribution < 1.29 is 21.6 Å². The lowest BCUT2D eigenvalue weighted by Crippen LogP contribution is -2.05. The lowest BCUT2D eigenvalue weighted by atomic mass is 10.1. The van der Waals surface area contributed by atoms with E-state index >= 15 is 0 Å². The van der Waals surface area contributed by atoms with E-state index in [1.165, 1.54) is 12.1 Å². The standard InChI is InChI=1S/C17H11Br2F3N2O2S/c1-27(25,26)16-3-2-12(7-13(16)20)24-15(8-14(23-24)17(21)22)9-4-10(18)6-11(19)5-9/h2-8,17H,1H3. The Morgan fingerprint density at radius 2 is 1.67 bits per heavy atom. The minimum Gasteiger partial charge on any atom is -0.233 e. The molecule has 0 saturated carbocycles. The van der Waals surface area contributed by atoms with Crippen LogP contribution in [0, 0.1) is 5.82 Å². The van der Waals surface area contributed by atoms with Gasteiger partial charge in [-0.1, -0.05) is 31.9 Å². The molecule has 0 amide bonds. The molecule has 1 heterocycles. The number of aromatic nitrogens is 2. The van der Waals surface area contributed by atoms with Gasteiger partial charge < -0.3 is 0 Å². The van der Waals surface area contributed by atoms with Gasteiger partial charge in [-0.15, -0.1) is 0 Å². The Bertz CT molecular complexity index is 1110. The summed E-state index contributed by atoms with van der Waals surface area (Å²) in [7, 11) is -3.75. The van der Waals surface area contributed by atoms with Crippen molar-refractivity contribution in [1.82, 2.24) is 9.78 Å². The summed E-state index contributed by atoms with van der Waals surface area (Å²) in [5.74, 6) is -0.981. The van der Waals surface area contributed by atoms with Crippen molar-refractivity contribution in [3.8, 4) is 16.9 Å². The van der Waals surface area contributed by atoms with E-state index in [4.69, 9.17) is 0 Å². The first-order chi connectivity index (χ1) is 12.6.